The summed E-state index contributed by atoms with van der Waals surface area (Å²) in [6.45, 7) is 0. The van der Waals surface area contributed by atoms with Crippen molar-refractivity contribution in [3.63, 3.8) is 0 Å². The molecule has 0 radical (unpaired) electrons. The molecule has 0 aliphatic heterocycles. The van der Waals surface area contributed by atoms with Gasteiger partial charge in [0.25, 0.3) is 0 Å². The van der Waals surface area contributed by atoms with Crippen molar-refractivity contribution in [3.05, 3.63) is 39.8 Å². The first-order valence-electron chi connectivity index (χ1n) is 3.75. The molecule has 0 saturated carbocycles. The zero-order valence-electron chi connectivity index (χ0n) is 7.22. The Morgan fingerprint density at radius 2 is 2.21 bits per heavy atom. The van der Waals surface area contributed by atoms with E-state index < -0.39 is 0 Å². The number of thiophene rings is 1. The summed E-state index contributed by atoms with van der Waals surface area (Å²) in [7, 11) is 0. The number of aromatic nitrogens is 1. The second-order valence-corrected chi connectivity index (χ2v) is 4.11. The molecule has 14 heavy (non-hydrogen) atoms. The lowest BCUT2D eigenvalue weighted by atomic mass is 10.4. The molecule has 2 rings (SSSR count). The fourth-order valence-corrected chi connectivity index (χ4v) is 1.58. The van der Waals surface area contributed by atoms with Crippen molar-refractivity contribution in [1.29, 1.82) is 0 Å². The molecule has 0 unspecified atom stereocenters. The molecule has 74 valence electrons. The van der Waals surface area contributed by atoms with Crippen molar-refractivity contribution < 1.29 is 5.11 Å². The van der Waals surface area contributed by atoms with E-state index in [2.05, 4.69) is 20.9 Å². The Hall–Kier alpha value is -1.07. The molecule has 0 aliphatic rings. The van der Waals surface area contributed by atoms with Crippen LogP contribution in [0.1, 0.15) is 0 Å². The highest BCUT2D eigenvalue weighted by atomic mass is 79.9. The van der Waals surface area contributed by atoms with Crippen molar-refractivity contribution in [2.24, 2.45) is 0 Å². The third kappa shape index (κ3) is 4.25. The number of aromatic hydroxyl groups is 1. The van der Waals surface area contributed by atoms with Gasteiger partial charge in [-0.25, -0.2) is 0 Å². The van der Waals surface area contributed by atoms with E-state index in [0.29, 0.717) is 11.4 Å². The molecular weight excluding hydrogens is 264 g/mol. The van der Waals surface area contributed by atoms with Crippen LogP contribution in [0.25, 0.3) is 0 Å². The van der Waals surface area contributed by atoms with E-state index in [9.17, 15) is 0 Å². The molecule has 0 aromatic carbocycles. The van der Waals surface area contributed by atoms with Gasteiger partial charge in [0.2, 0.25) is 0 Å². The minimum absolute atomic E-state index is 0.361. The van der Waals surface area contributed by atoms with Gasteiger partial charge in [-0.15, -0.1) is 11.3 Å². The quantitative estimate of drug-likeness (QED) is 0.776. The van der Waals surface area contributed by atoms with Gasteiger partial charge in [0.15, 0.2) is 0 Å². The van der Waals surface area contributed by atoms with Crippen LogP contribution >= 0.6 is 27.3 Å². The van der Waals surface area contributed by atoms with Crippen molar-refractivity contribution >= 4 is 33.0 Å². The van der Waals surface area contributed by atoms with E-state index in [-0.39, 0.29) is 0 Å². The molecular formula is C9H9BrN2OS. The maximum atomic E-state index is 8.48. The fourth-order valence-electron chi connectivity index (χ4n) is 0.686. The summed E-state index contributed by atoms with van der Waals surface area (Å²) in [4.78, 5) is 3.81. The Bertz CT molecular complexity index is 361. The fraction of sp³-hybridized carbons (Fsp3) is 0. The standard InChI is InChI=1S/C5H5BrN2.C4H4OS/c6-4-1-5(7)3-8-2-4;5-4-1-2-6-3-4/h1-3H,7H2;1-3,5H. The molecule has 0 spiro atoms. The van der Waals surface area contributed by atoms with E-state index >= 15 is 0 Å². The van der Waals surface area contributed by atoms with Gasteiger partial charge in [-0.1, -0.05) is 0 Å². The molecule has 0 aliphatic carbocycles. The van der Waals surface area contributed by atoms with Crippen LogP contribution in [0.15, 0.2) is 39.8 Å². The first-order chi connectivity index (χ1) is 6.68. The minimum atomic E-state index is 0.361. The van der Waals surface area contributed by atoms with E-state index in [1.54, 1.807) is 29.9 Å². The van der Waals surface area contributed by atoms with Crippen LogP contribution in [0, 0.1) is 0 Å². The highest BCUT2D eigenvalue weighted by molar-refractivity contribution is 9.10. The molecule has 0 saturated heterocycles. The SMILES string of the molecule is Nc1cncc(Br)c1.Oc1ccsc1. The number of anilines is 1. The molecule has 3 nitrogen and oxygen atoms in total. The lowest BCUT2D eigenvalue weighted by Crippen LogP contribution is -1.83. The van der Waals surface area contributed by atoms with Crippen LogP contribution in [0.2, 0.25) is 0 Å². The average Bonchev–Trinajstić information content (AvgIpc) is 2.56. The third-order valence-corrected chi connectivity index (χ3v) is 2.34. The highest BCUT2D eigenvalue weighted by Crippen LogP contribution is 2.10. The van der Waals surface area contributed by atoms with E-state index in [0.717, 1.165) is 4.47 Å². The maximum absolute atomic E-state index is 8.48. The Balaban J connectivity index is 0.000000146. The predicted octanol–water partition coefficient (Wildman–Crippen LogP) is 2.88. The van der Waals surface area contributed by atoms with Crippen LogP contribution in [0.4, 0.5) is 5.69 Å². The lowest BCUT2D eigenvalue weighted by Gasteiger charge is -1.88. The largest absolute Gasteiger partial charge is 0.507 e. The number of pyridine rings is 1. The van der Waals surface area contributed by atoms with Crippen LogP contribution in [-0.4, -0.2) is 10.1 Å². The molecule has 3 N–H and O–H groups in total. The third-order valence-electron chi connectivity index (χ3n) is 1.23. The molecule has 0 bridgehead atoms. The molecule has 0 amide bonds. The summed E-state index contributed by atoms with van der Waals surface area (Å²) in [6.07, 6.45) is 3.29. The van der Waals surface area contributed by atoms with Gasteiger partial charge in [0, 0.05) is 22.2 Å². The normalized spacial score (nSPS) is 8.93. The molecule has 0 atom stereocenters. The van der Waals surface area contributed by atoms with E-state index in [1.165, 1.54) is 11.3 Å². The van der Waals surface area contributed by atoms with Gasteiger partial charge in [-0.2, -0.15) is 0 Å². The molecule has 2 aromatic rings. The minimum Gasteiger partial charge on any atom is -0.507 e. The molecule has 2 aromatic heterocycles. The average molecular weight is 273 g/mol. The van der Waals surface area contributed by atoms with Crippen molar-refractivity contribution in [3.8, 4) is 5.75 Å². The van der Waals surface area contributed by atoms with Crippen LogP contribution in [0.3, 0.4) is 0 Å². The number of hydrogen-bond donors (Lipinski definition) is 2. The zero-order valence-corrected chi connectivity index (χ0v) is 9.62. The summed E-state index contributed by atoms with van der Waals surface area (Å²) in [6, 6.07) is 3.46. The van der Waals surface area contributed by atoms with Gasteiger partial charge in [-0.3, -0.25) is 4.98 Å². The molecule has 5 heteroatoms. The summed E-state index contributed by atoms with van der Waals surface area (Å²) in [5, 5.41) is 12.0. The summed E-state index contributed by atoms with van der Waals surface area (Å²) >= 11 is 4.71. The van der Waals surface area contributed by atoms with Crippen LogP contribution < -0.4 is 5.73 Å². The van der Waals surface area contributed by atoms with E-state index in [1.807, 2.05) is 5.38 Å². The second kappa shape index (κ2) is 5.62. The number of hydrogen-bond acceptors (Lipinski definition) is 4. The Kier molecular flexibility index (Phi) is 4.42. The molecule has 2 heterocycles. The predicted molar refractivity (Wildman–Crippen MR) is 62.3 cm³/mol. The van der Waals surface area contributed by atoms with Gasteiger partial charge in [-0.05, 0) is 33.4 Å². The number of rotatable bonds is 0. The number of nitrogens with two attached hydrogens (primary N) is 1. The number of halogens is 1. The monoisotopic (exact) mass is 272 g/mol. The Morgan fingerprint density at radius 1 is 1.43 bits per heavy atom. The maximum Gasteiger partial charge on any atom is 0.126 e. The lowest BCUT2D eigenvalue weighted by molar-refractivity contribution is 0.478. The topological polar surface area (TPSA) is 59.1 Å². The second-order valence-electron chi connectivity index (χ2n) is 2.42. The van der Waals surface area contributed by atoms with E-state index in [4.69, 9.17) is 10.8 Å². The molecule has 0 fully saturated rings. The first-order valence-corrected chi connectivity index (χ1v) is 5.49. The number of nitrogen functional groups attached to an aromatic ring is 1. The highest BCUT2D eigenvalue weighted by Gasteiger charge is 1.84. The summed E-state index contributed by atoms with van der Waals surface area (Å²) in [5.74, 6) is 0.361. The van der Waals surface area contributed by atoms with Crippen molar-refractivity contribution in [2.45, 2.75) is 0 Å². The van der Waals surface area contributed by atoms with Gasteiger partial charge >= 0.3 is 0 Å². The van der Waals surface area contributed by atoms with Crippen molar-refractivity contribution in [2.75, 3.05) is 5.73 Å². The Morgan fingerprint density at radius 3 is 2.50 bits per heavy atom. The Labute approximate surface area is 94.4 Å². The van der Waals surface area contributed by atoms with Gasteiger partial charge < -0.3 is 10.8 Å². The first kappa shape index (κ1) is 11.0. The van der Waals surface area contributed by atoms with Crippen molar-refractivity contribution in [1.82, 2.24) is 4.98 Å². The van der Waals surface area contributed by atoms with Gasteiger partial charge in [0.05, 0.1) is 5.69 Å². The van der Waals surface area contributed by atoms with Gasteiger partial charge in [0.1, 0.15) is 5.75 Å². The summed E-state index contributed by atoms with van der Waals surface area (Å²) in [5.41, 5.74) is 6.05. The summed E-state index contributed by atoms with van der Waals surface area (Å²) < 4.78 is 0.914. The number of nitrogens with zero attached hydrogens (tertiary/aromatic N) is 1. The smallest absolute Gasteiger partial charge is 0.126 e. The zero-order chi connectivity index (χ0) is 10.4. The van der Waals surface area contributed by atoms with Crippen LogP contribution in [-0.2, 0) is 0 Å². The van der Waals surface area contributed by atoms with Crippen LogP contribution in [0.5, 0.6) is 5.75 Å².